The molecule has 0 bridgehead atoms. The molecule has 0 amide bonds. The lowest BCUT2D eigenvalue weighted by atomic mass is 9.75. The zero-order valence-electron chi connectivity index (χ0n) is 9.56. The van der Waals surface area contributed by atoms with Gasteiger partial charge >= 0.3 is 0 Å². The fourth-order valence-electron chi connectivity index (χ4n) is 2.71. The Bertz CT molecular complexity index is 436. The fourth-order valence-corrected chi connectivity index (χ4v) is 2.71. The predicted octanol–water partition coefficient (Wildman–Crippen LogP) is 2.48. The lowest BCUT2D eigenvalue weighted by molar-refractivity contribution is -0.0369. The van der Waals surface area contributed by atoms with Crippen molar-refractivity contribution >= 4 is 5.69 Å². The van der Waals surface area contributed by atoms with Crippen LogP contribution in [0.4, 0.5) is 5.69 Å². The van der Waals surface area contributed by atoms with Crippen LogP contribution in [-0.4, -0.2) is 16.7 Å². The number of nitrogens with zero attached hydrogens (tertiary/aromatic N) is 1. The van der Waals surface area contributed by atoms with Crippen molar-refractivity contribution in [1.29, 1.82) is 0 Å². The van der Waals surface area contributed by atoms with Gasteiger partial charge in [0.25, 0.3) is 0 Å². The minimum atomic E-state index is -0.533. The van der Waals surface area contributed by atoms with Crippen LogP contribution in [0.15, 0.2) is 36.5 Å². The van der Waals surface area contributed by atoms with Crippen molar-refractivity contribution in [2.24, 2.45) is 0 Å². The van der Waals surface area contributed by atoms with Gasteiger partial charge in [-0.3, -0.25) is 0 Å². The van der Waals surface area contributed by atoms with Crippen molar-refractivity contribution in [3.63, 3.8) is 0 Å². The van der Waals surface area contributed by atoms with Crippen LogP contribution < -0.4 is 4.90 Å². The molecule has 1 aromatic carbocycles. The van der Waals surface area contributed by atoms with Crippen LogP contribution in [0.2, 0.25) is 0 Å². The zero-order chi connectivity index (χ0) is 11.2. The number of aliphatic hydroxyl groups is 1. The van der Waals surface area contributed by atoms with Crippen LogP contribution in [0.1, 0.15) is 25.3 Å². The Morgan fingerprint density at radius 2 is 2.19 bits per heavy atom. The molecular weight excluding hydrogens is 198 g/mol. The van der Waals surface area contributed by atoms with Crippen molar-refractivity contribution < 1.29 is 5.11 Å². The predicted molar refractivity (Wildman–Crippen MR) is 65.4 cm³/mol. The minimum absolute atomic E-state index is 0.241. The third-order valence-corrected chi connectivity index (χ3v) is 3.85. The van der Waals surface area contributed by atoms with E-state index in [1.54, 1.807) is 0 Å². The van der Waals surface area contributed by atoms with Gasteiger partial charge in [0.15, 0.2) is 0 Å². The lowest BCUT2D eigenvalue weighted by Crippen LogP contribution is -2.57. The molecule has 0 spiro atoms. The molecule has 84 valence electrons. The third-order valence-electron chi connectivity index (χ3n) is 3.85. The molecule has 1 N–H and O–H groups in total. The number of benzene rings is 1. The topological polar surface area (TPSA) is 23.5 Å². The quantitative estimate of drug-likeness (QED) is 0.778. The molecule has 1 aliphatic heterocycles. The molecule has 2 atom stereocenters. The van der Waals surface area contributed by atoms with E-state index in [2.05, 4.69) is 41.4 Å². The lowest BCUT2D eigenvalue weighted by Gasteiger charge is -2.49. The van der Waals surface area contributed by atoms with Gasteiger partial charge in [0.05, 0.1) is 11.6 Å². The van der Waals surface area contributed by atoms with Gasteiger partial charge in [-0.25, -0.2) is 0 Å². The van der Waals surface area contributed by atoms with E-state index in [-0.39, 0.29) is 6.04 Å². The summed E-state index contributed by atoms with van der Waals surface area (Å²) in [7, 11) is 0. The highest BCUT2D eigenvalue weighted by molar-refractivity contribution is 5.60. The third kappa shape index (κ3) is 1.37. The first-order chi connectivity index (χ1) is 7.68. The average molecular weight is 215 g/mol. The van der Waals surface area contributed by atoms with Gasteiger partial charge in [0, 0.05) is 11.9 Å². The smallest absolute Gasteiger partial charge is 0.0826 e. The largest absolute Gasteiger partial charge is 0.388 e. The maximum absolute atomic E-state index is 10.2. The monoisotopic (exact) mass is 215 g/mol. The number of anilines is 1. The summed E-state index contributed by atoms with van der Waals surface area (Å²) >= 11 is 0. The summed E-state index contributed by atoms with van der Waals surface area (Å²) in [5.74, 6) is 0. The van der Waals surface area contributed by atoms with E-state index >= 15 is 0 Å². The van der Waals surface area contributed by atoms with Gasteiger partial charge in [-0.1, -0.05) is 24.3 Å². The Labute approximate surface area is 96.2 Å². The van der Waals surface area contributed by atoms with E-state index in [4.69, 9.17) is 0 Å². The Kier molecular flexibility index (Phi) is 2.08. The Hall–Kier alpha value is -1.28. The molecule has 0 radical (unpaired) electrons. The molecule has 1 aromatic rings. The van der Waals surface area contributed by atoms with E-state index in [9.17, 15) is 5.11 Å². The Morgan fingerprint density at radius 3 is 2.88 bits per heavy atom. The molecule has 1 aliphatic carbocycles. The first-order valence-electron chi connectivity index (χ1n) is 5.94. The van der Waals surface area contributed by atoms with Crippen molar-refractivity contribution in [2.45, 2.75) is 37.8 Å². The van der Waals surface area contributed by atoms with E-state index in [1.807, 2.05) is 6.92 Å². The summed E-state index contributed by atoms with van der Waals surface area (Å²) < 4.78 is 0. The standard InChI is InChI=1S/C14H17NO/c1-14(16)9-8-13(14)15-10-4-6-11-5-2-3-7-12(11)15/h2-5,7,10,13,16H,6,8-9H2,1H3. The minimum Gasteiger partial charge on any atom is -0.388 e. The summed E-state index contributed by atoms with van der Waals surface area (Å²) in [6, 6.07) is 8.70. The normalized spacial score (nSPS) is 32.1. The summed E-state index contributed by atoms with van der Waals surface area (Å²) in [6.07, 6.45) is 7.29. The van der Waals surface area contributed by atoms with Crippen LogP contribution in [0.3, 0.4) is 0 Å². The highest BCUT2D eigenvalue weighted by Gasteiger charge is 2.44. The SMILES string of the molecule is CC1(O)CCC1N1C=CCc2ccccc21. The van der Waals surface area contributed by atoms with E-state index in [0.29, 0.717) is 0 Å². The number of hydrogen-bond donors (Lipinski definition) is 1. The first-order valence-corrected chi connectivity index (χ1v) is 5.94. The molecule has 2 nitrogen and oxygen atoms in total. The molecule has 2 unspecified atom stereocenters. The van der Waals surface area contributed by atoms with Crippen molar-refractivity contribution in [3.05, 3.63) is 42.1 Å². The van der Waals surface area contributed by atoms with E-state index in [0.717, 1.165) is 19.3 Å². The number of hydrogen-bond acceptors (Lipinski definition) is 2. The maximum atomic E-state index is 10.2. The summed E-state index contributed by atoms with van der Waals surface area (Å²) in [5, 5.41) is 10.2. The Balaban J connectivity index is 1.97. The van der Waals surface area contributed by atoms with Crippen molar-refractivity contribution in [3.8, 4) is 0 Å². The summed E-state index contributed by atoms with van der Waals surface area (Å²) in [6.45, 7) is 1.94. The second-order valence-electron chi connectivity index (χ2n) is 5.04. The molecule has 1 fully saturated rings. The first kappa shape index (κ1) is 9.91. The number of fused-ring (bicyclic) bond motifs is 1. The number of allylic oxidation sites excluding steroid dienone is 1. The van der Waals surface area contributed by atoms with Gasteiger partial charge in [-0.2, -0.15) is 0 Å². The molecule has 2 aliphatic rings. The molecular formula is C14H17NO. The second-order valence-corrected chi connectivity index (χ2v) is 5.04. The van der Waals surface area contributed by atoms with Gasteiger partial charge < -0.3 is 10.0 Å². The molecule has 0 aromatic heterocycles. The molecule has 3 rings (SSSR count). The molecule has 0 saturated heterocycles. The second kappa shape index (κ2) is 3.36. The summed E-state index contributed by atoms with van der Waals surface area (Å²) in [4.78, 5) is 2.24. The van der Waals surface area contributed by atoms with Crippen LogP contribution in [0.25, 0.3) is 0 Å². The molecule has 1 saturated carbocycles. The van der Waals surface area contributed by atoms with Crippen molar-refractivity contribution in [1.82, 2.24) is 0 Å². The zero-order valence-corrected chi connectivity index (χ0v) is 9.56. The van der Waals surface area contributed by atoms with Crippen LogP contribution >= 0.6 is 0 Å². The molecule has 1 heterocycles. The molecule has 2 heteroatoms. The highest BCUT2D eigenvalue weighted by Crippen LogP contribution is 2.40. The van der Waals surface area contributed by atoms with Crippen LogP contribution in [0.5, 0.6) is 0 Å². The molecule has 16 heavy (non-hydrogen) atoms. The van der Waals surface area contributed by atoms with E-state index in [1.165, 1.54) is 11.3 Å². The van der Waals surface area contributed by atoms with Gasteiger partial charge in [0.2, 0.25) is 0 Å². The fraction of sp³-hybridized carbons (Fsp3) is 0.429. The average Bonchev–Trinajstić information content (AvgIpc) is 2.28. The van der Waals surface area contributed by atoms with Crippen molar-refractivity contribution in [2.75, 3.05) is 4.90 Å². The summed E-state index contributed by atoms with van der Waals surface area (Å²) in [5.41, 5.74) is 2.08. The Morgan fingerprint density at radius 1 is 1.38 bits per heavy atom. The van der Waals surface area contributed by atoms with Gasteiger partial charge in [-0.15, -0.1) is 0 Å². The van der Waals surface area contributed by atoms with Gasteiger partial charge in [-0.05, 0) is 37.8 Å². The van der Waals surface area contributed by atoms with Gasteiger partial charge in [0.1, 0.15) is 0 Å². The van der Waals surface area contributed by atoms with E-state index < -0.39 is 5.60 Å². The maximum Gasteiger partial charge on any atom is 0.0826 e. The highest BCUT2D eigenvalue weighted by atomic mass is 16.3. The number of rotatable bonds is 1. The van der Waals surface area contributed by atoms with Crippen LogP contribution in [0, 0.1) is 0 Å². The van der Waals surface area contributed by atoms with Crippen LogP contribution in [-0.2, 0) is 6.42 Å². The number of para-hydroxylation sites is 1.